The molecule has 0 spiro atoms. The zero-order chi connectivity index (χ0) is 16.8. The summed E-state index contributed by atoms with van der Waals surface area (Å²) in [5, 5.41) is 7.63. The van der Waals surface area contributed by atoms with Crippen LogP contribution in [-0.4, -0.2) is 37.0 Å². The number of urea groups is 1. The highest BCUT2D eigenvalue weighted by Gasteiger charge is 2.15. The normalized spacial score (nSPS) is 11.5. The number of amides is 2. The standard InChI is InChI=1S/C21H20N2O/c1-22(2)21(24)23(3)13-17-10-9-16-8-7-14-5-4-6-15-11-12-18(17)20(16)19(14)15/h4-12H,13H2,1-3H3. The molecule has 0 aromatic heterocycles. The molecule has 0 unspecified atom stereocenters. The summed E-state index contributed by atoms with van der Waals surface area (Å²) in [6, 6.07) is 19.5. The van der Waals surface area contributed by atoms with Gasteiger partial charge < -0.3 is 9.80 Å². The van der Waals surface area contributed by atoms with E-state index in [1.54, 1.807) is 23.9 Å². The summed E-state index contributed by atoms with van der Waals surface area (Å²) in [7, 11) is 5.41. The van der Waals surface area contributed by atoms with Crippen LogP contribution in [0.4, 0.5) is 4.79 Å². The van der Waals surface area contributed by atoms with Crippen LogP contribution in [0.2, 0.25) is 0 Å². The van der Waals surface area contributed by atoms with Gasteiger partial charge in [0.25, 0.3) is 0 Å². The monoisotopic (exact) mass is 316 g/mol. The molecule has 0 aliphatic rings. The molecule has 0 aliphatic heterocycles. The lowest BCUT2D eigenvalue weighted by atomic mass is 9.92. The molecule has 4 aromatic carbocycles. The van der Waals surface area contributed by atoms with E-state index >= 15 is 0 Å². The molecule has 24 heavy (non-hydrogen) atoms. The molecule has 4 aromatic rings. The third-order valence-electron chi connectivity index (χ3n) is 4.74. The van der Waals surface area contributed by atoms with Crippen molar-refractivity contribution >= 4 is 38.3 Å². The van der Waals surface area contributed by atoms with E-state index < -0.39 is 0 Å². The number of rotatable bonds is 2. The van der Waals surface area contributed by atoms with E-state index in [9.17, 15) is 4.79 Å². The summed E-state index contributed by atoms with van der Waals surface area (Å²) in [5.74, 6) is 0. The largest absolute Gasteiger partial charge is 0.331 e. The number of carbonyl (C=O) groups excluding carboxylic acids is 1. The molecule has 3 nitrogen and oxygen atoms in total. The van der Waals surface area contributed by atoms with Gasteiger partial charge in [0.1, 0.15) is 0 Å². The van der Waals surface area contributed by atoms with Crippen molar-refractivity contribution in [3.63, 3.8) is 0 Å². The first kappa shape index (κ1) is 14.8. The molecule has 0 saturated heterocycles. The molecule has 0 aliphatic carbocycles. The van der Waals surface area contributed by atoms with Crippen LogP contribution in [-0.2, 0) is 6.54 Å². The number of benzene rings is 4. The van der Waals surface area contributed by atoms with Crippen molar-refractivity contribution < 1.29 is 4.79 Å². The average molecular weight is 316 g/mol. The summed E-state index contributed by atoms with van der Waals surface area (Å²) in [4.78, 5) is 15.5. The molecule has 4 rings (SSSR count). The van der Waals surface area contributed by atoms with Crippen LogP contribution >= 0.6 is 0 Å². The zero-order valence-electron chi connectivity index (χ0n) is 14.2. The van der Waals surface area contributed by atoms with Gasteiger partial charge in [-0.25, -0.2) is 4.79 Å². The van der Waals surface area contributed by atoms with Crippen molar-refractivity contribution in [3.05, 3.63) is 60.2 Å². The molecule has 0 radical (unpaired) electrons. The number of hydrogen-bond acceptors (Lipinski definition) is 1. The van der Waals surface area contributed by atoms with Gasteiger partial charge in [0.05, 0.1) is 0 Å². The van der Waals surface area contributed by atoms with Gasteiger partial charge in [-0.05, 0) is 37.9 Å². The van der Waals surface area contributed by atoms with Crippen molar-refractivity contribution in [1.82, 2.24) is 9.80 Å². The van der Waals surface area contributed by atoms with Gasteiger partial charge in [-0.2, -0.15) is 0 Å². The van der Waals surface area contributed by atoms with Crippen LogP contribution in [0.25, 0.3) is 32.3 Å². The van der Waals surface area contributed by atoms with Crippen LogP contribution in [0.3, 0.4) is 0 Å². The van der Waals surface area contributed by atoms with Gasteiger partial charge in [0.15, 0.2) is 0 Å². The highest BCUT2D eigenvalue weighted by atomic mass is 16.2. The Hall–Kier alpha value is -2.81. The summed E-state index contributed by atoms with van der Waals surface area (Å²) in [6.07, 6.45) is 0. The van der Waals surface area contributed by atoms with E-state index in [-0.39, 0.29) is 6.03 Å². The van der Waals surface area contributed by atoms with Crippen LogP contribution in [0, 0.1) is 0 Å². The Balaban J connectivity index is 1.93. The van der Waals surface area contributed by atoms with Crippen molar-refractivity contribution in [3.8, 4) is 0 Å². The molecule has 120 valence electrons. The Kier molecular flexibility index (Phi) is 3.31. The highest BCUT2D eigenvalue weighted by molar-refractivity contribution is 6.23. The van der Waals surface area contributed by atoms with Gasteiger partial charge in [-0.3, -0.25) is 0 Å². The predicted octanol–water partition coefficient (Wildman–Crippen LogP) is 4.70. The Morgan fingerprint density at radius 1 is 0.792 bits per heavy atom. The molecular weight excluding hydrogens is 296 g/mol. The van der Waals surface area contributed by atoms with E-state index in [0.717, 1.165) is 0 Å². The van der Waals surface area contributed by atoms with Crippen LogP contribution in [0.15, 0.2) is 54.6 Å². The third-order valence-corrected chi connectivity index (χ3v) is 4.74. The van der Waals surface area contributed by atoms with Crippen molar-refractivity contribution in [2.45, 2.75) is 6.54 Å². The summed E-state index contributed by atoms with van der Waals surface area (Å²) in [5.41, 5.74) is 1.18. The second kappa shape index (κ2) is 5.38. The molecule has 0 heterocycles. The van der Waals surface area contributed by atoms with Gasteiger partial charge in [-0.15, -0.1) is 0 Å². The number of hydrogen-bond donors (Lipinski definition) is 0. The molecule has 0 N–H and O–H groups in total. The first-order chi connectivity index (χ1) is 11.6. The summed E-state index contributed by atoms with van der Waals surface area (Å²) in [6.45, 7) is 0.602. The fourth-order valence-corrected chi connectivity index (χ4v) is 3.60. The zero-order valence-corrected chi connectivity index (χ0v) is 14.2. The Bertz CT molecular complexity index is 1040. The molecule has 3 heteroatoms. The second-order valence-electron chi connectivity index (χ2n) is 6.61. The first-order valence-electron chi connectivity index (χ1n) is 8.14. The van der Waals surface area contributed by atoms with Gasteiger partial charge in [-0.1, -0.05) is 54.6 Å². The van der Waals surface area contributed by atoms with E-state index in [0.29, 0.717) is 6.54 Å². The fourth-order valence-electron chi connectivity index (χ4n) is 3.60. The van der Waals surface area contributed by atoms with Crippen LogP contribution < -0.4 is 0 Å². The van der Waals surface area contributed by atoms with E-state index in [1.807, 2.05) is 7.05 Å². The smallest absolute Gasteiger partial charge is 0.319 e. The van der Waals surface area contributed by atoms with Crippen LogP contribution in [0.1, 0.15) is 5.56 Å². The Labute approximate surface area is 141 Å². The average Bonchev–Trinajstić information content (AvgIpc) is 2.60. The lowest BCUT2D eigenvalue weighted by Crippen LogP contribution is -2.35. The quantitative estimate of drug-likeness (QED) is 0.492. The van der Waals surface area contributed by atoms with Gasteiger partial charge >= 0.3 is 6.03 Å². The van der Waals surface area contributed by atoms with Gasteiger partial charge in [0, 0.05) is 27.7 Å². The molecule has 0 fully saturated rings. The second-order valence-corrected chi connectivity index (χ2v) is 6.61. The third kappa shape index (κ3) is 2.16. The van der Waals surface area contributed by atoms with Crippen molar-refractivity contribution in [1.29, 1.82) is 0 Å². The van der Waals surface area contributed by atoms with E-state index in [4.69, 9.17) is 0 Å². The maximum Gasteiger partial charge on any atom is 0.319 e. The predicted molar refractivity (Wildman–Crippen MR) is 101 cm³/mol. The minimum absolute atomic E-state index is 0.0145. The van der Waals surface area contributed by atoms with Gasteiger partial charge in [0.2, 0.25) is 0 Å². The van der Waals surface area contributed by atoms with Crippen LogP contribution in [0.5, 0.6) is 0 Å². The topological polar surface area (TPSA) is 23.6 Å². The van der Waals surface area contributed by atoms with Crippen molar-refractivity contribution in [2.24, 2.45) is 0 Å². The molecule has 0 atom stereocenters. The summed E-state index contributed by atoms with van der Waals surface area (Å²) < 4.78 is 0. The minimum Gasteiger partial charge on any atom is -0.331 e. The lowest BCUT2D eigenvalue weighted by molar-refractivity contribution is 0.180. The van der Waals surface area contributed by atoms with E-state index in [2.05, 4.69) is 54.6 Å². The fraction of sp³-hybridized carbons (Fsp3) is 0.190. The first-order valence-corrected chi connectivity index (χ1v) is 8.14. The minimum atomic E-state index is 0.0145. The number of nitrogens with zero attached hydrogens (tertiary/aromatic N) is 2. The lowest BCUT2D eigenvalue weighted by Gasteiger charge is -2.23. The Morgan fingerprint density at radius 2 is 1.38 bits per heavy atom. The molecule has 2 amide bonds. The molecular formula is C21H20N2O. The maximum absolute atomic E-state index is 12.2. The summed E-state index contributed by atoms with van der Waals surface area (Å²) >= 11 is 0. The Morgan fingerprint density at radius 3 is 2.04 bits per heavy atom. The van der Waals surface area contributed by atoms with Crippen molar-refractivity contribution in [2.75, 3.05) is 21.1 Å². The maximum atomic E-state index is 12.2. The number of carbonyl (C=O) groups is 1. The highest BCUT2D eigenvalue weighted by Crippen LogP contribution is 2.36. The SMILES string of the molecule is CN(C)C(=O)N(C)Cc1ccc2ccc3cccc4ccc1c2c34. The van der Waals surface area contributed by atoms with E-state index in [1.165, 1.54) is 37.9 Å². The molecule has 0 bridgehead atoms. The molecule has 0 saturated carbocycles.